The van der Waals surface area contributed by atoms with Crippen molar-refractivity contribution in [2.24, 2.45) is 0 Å². The summed E-state index contributed by atoms with van der Waals surface area (Å²) in [5, 5.41) is 6.53. The minimum Gasteiger partial charge on any atom is -0.377 e. The highest BCUT2D eigenvalue weighted by Crippen LogP contribution is 2.15. The SMILES string of the molecule is Cc1cc(NC(=O)CN(Cc2ccccc2)CC2CCCO2)on1. The Hall–Kier alpha value is -2.18. The summed E-state index contributed by atoms with van der Waals surface area (Å²) in [7, 11) is 0. The molecule has 0 aliphatic carbocycles. The van der Waals surface area contributed by atoms with Crippen LogP contribution < -0.4 is 5.32 Å². The fourth-order valence-electron chi connectivity index (χ4n) is 2.91. The number of aryl methyl sites for hydroxylation is 1. The molecule has 0 bridgehead atoms. The standard InChI is InChI=1S/C18H23N3O3/c1-14-10-18(24-20-14)19-17(22)13-21(12-16-8-5-9-23-16)11-15-6-3-2-4-7-15/h2-4,6-7,10,16H,5,8-9,11-13H2,1H3,(H,19,22). The molecule has 0 radical (unpaired) electrons. The van der Waals surface area contributed by atoms with Crippen LogP contribution in [0.25, 0.3) is 0 Å². The Labute approximate surface area is 141 Å². The van der Waals surface area contributed by atoms with Gasteiger partial charge in [0.2, 0.25) is 11.8 Å². The summed E-state index contributed by atoms with van der Waals surface area (Å²) in [6, 6.07) is 11.9. The molecule has 1 N–H and O–H groups in total. The number of hydrogen-bond acceptors (Lipinski definition) is 5. The average molecular weight is 329 g/mol. The topological polar surface area (TPSA) is 67.6 Å². The van der Waals surface area contributed by atoms with Gasteiger partial charge in [-0.25, -0.2) is 0 Å². The number of benzene rings is 1. The molecule has 2 heterocycles. The summed E-state index contributed by atoms with van der Waals surface area (Å²) in [5.74, 6) is 0.273. The fourth-order valence-corrected chi connectivity index (χ4v) is 2.91. The van der Waals surface area contributed by atoms with Gasteiger partial charge in [0, 0.05) is 25.8 Å². The Balaban J connectivity index is 1.60. The van der Waals surface area contributed by atoms with Gasteiger partial charge in [-0.15, -0.1) is 0 Å². The minimum atomic E-state index is -0.111. The van der Waals surface area contributed by atoms with Crippen molar-refractivity contribution in [3.63, 3.8) is 0 Å². The van der Waals surface area contributed by atoms with Gasteiger partial charge in [-0.2, -0.15) is 0 Å². The van der Waals surface area contributed by atoms with Crippen molar-refractivity contribution < 1.29 is 14.1 Å². The lowest BCUT2D eigenvalue weighted by atomic mass is 10.2. The monoisotopic (exact) mass is 329 g/mol. The van der Waals surface area contributed by atoms with E-state index in [1.807, 2.05) is 25.1 Å². The maximum atomic E-state index is 12.3. The van der Waals surface area contributed by atoms with Gasteiger partial charge in [0.25, 0.3) is 0 Å². The van der Waals surface area contributed by atoms with Crippen molar-refractivity contribution in [2.45, 2.75) is 32.4 Å². The van der Waals surface area contributed by atoms with Gasteiger partial charge in [-0.1, -0.05) is 35.5 Å². The first-order chi connectivity index (χ1) is 11.7. The van der Waals surface area contributed by atoms with Crippen LogP contribution in [-0.2, 0) is 16.1 Å². The molecule has 0 saturated carbocycles. The molecule has 0 spiro atoms. The number of carbonyl (C=O) groups is 1. The van der Waals surface area contributed by atoms with Crippen molar-refractivity contribution in [1.82, 2.24) is 10.1 Å². The van der Waals surface area contributed by atoms with Gasteiger partial charge >= 0.3 is 0 Å². The number of rotatable bonds is 7. The average Bonchev–Trinajstić information content (AvgIpc) is 3.20. The number of ether oxygens (including phenoxy) is 1. The van der Waals surface area contributed by atoms with E-state index in [1.54, 1.807) is 6.07 Å². The van der Waals surface area contributed by atoms with Gasteiger partial charge in [0.05, 0.1) is 18.3 Å². The van der Waals surface area contributed by atoms with E-state index in [9.17, 15) is 4.79 Å². The first kappa shape index (κ1) is 16.7. The molecule has 1 aliphatic rings. The van der Waals surface area contributed by atoms with Crippen molar-refractivity contribution in [1.29, 1.82) is 0 Å². The quantitative estimate of drug-likeness (QED) is 0.846. The van der Waals surface area contributed by atoms with Gasteiger partial charge in [0.15, 0.2) is 0 Å². The first-order valence-electron chi connectivity index (χ1n) is 8.30. The largest absolute Gasteiger partial charge is 0.377 e. The molecular weight excluding hydrogens is 306 g/mol. The molecule has 1 unspecified atom stereocenters. The molecule has 2 aromatic rings. The van der Waals surface area contributed by atoms with Crippen LogP contribution in [0.1, 0.15) is 24.1 Å². The molecule has 1 atom stereocenters. The van der Waals surface area contributed by atoms with E-state index in [4.69, 9.17) is 9.26 Å². The second-order valence-electron chi connectivity index (χ2n) is 6.17. The smallest absolute Gasteiger partial charge is 0.240 e. The summed E-state index contributed by atoms with van der Waals surface area (Å²) in [5.41, 5.74) is 1.92. The lowest BCUT2D eigenvalue weighted by Gasteiger charge is -2.24. The molecule has 24 heavy (non-hydrogen) atoms. The zero-order chi connectivity index (χ0) is 16.8. The van der Waals surface area contributed by atoms with Crippen molar-refractivity contribution in [3.05, 3.63) is 47.7 Å². The van der Waals surface area contributed by atoms with Crippen LogP contribution in [0.15, 0.2) is 40.9 Å². The molecule has 6 nitrogen and oxygen atoms in total. The van der Waals surface area contributed by atoms with Crippen molar-refractivity contribution in [2.75, 3.05) is 25.0 Å². The highest BCUT2D eigenvalue weighted by molar-refractivity contribution is 5.90. The Morgan fingerprint density at radius 3 is 2.88 bits per heavy atom. The maximum absolute atomic E-state index is 12.3. The predicted molar refractivity (Wildman–Crippen MR) is 90.6 cm³/mol. The third-order valence-electron chi connectivity index (χ3n) is 3.99. The molecule has 1 saturated heterocycles. The van der Waals surface area contributed by atoms with E-state index < -0.39 is 0 Å². The number of amides is 1. The van der Waals surface area contributed by atoms with E-state index in [0.29, 0.717) is 12.4 Å². The van der Waals surface area contributed by atoms with Gasteiger partial charge < -0.3 is 9.26 Å². The van der Waals surface area contributed by atoms with Crippen molar-refractivity contribution in [3.8, 4) is 0 Å². The fraction of sp³-hybridized carbons (Fsp3) is 0.444. The molecule has 1 aliphatic heterocycles. The lowest BCUT2D eigenvalue weighted by Crippen LogP contribution is -2.37. The van der Waals surface area contributed by atoms with Crippen LogP contribution in [-0.4, -0.2) is 41.8 Å². The third-order valence-corrected chi connectivity index (χ3v) is 3.99. The molecule has 1 amide bonds. The molecule has 1 aromatic carbocycles. The van der Waals surface area contributed by atoms with Crippen LogP contribution >= 0.6 is 0 Å². The number of aromatic nitrogens is 1. The number of hydrogen-bond donors (Lipinski definition) is 1. The second-order valence-corrected chi connectivity index (χ2v) is 6.17. The van der Waals surface area contributed by atoms with Gasteiger partial charge in [-0.3, -0.25) is 15.0 Å². The number of nitrogens with one attached hydrogen (secondary N) is 1. The third kappa shape index (κ3) is 4.91. The summed E-state index contributed by atoms with van der Waals surface area (Å²) in [6.45, 7) is 4.38. The molecule has 6 heteroatoms. The van der Waals surface area contributed by atoms with Crippen LogP contribution in [0.4, 0.5) is 5.88 Å². The van der Waals surface area contributed by atoms with Crippen LogP contribution in [0.3, 0.4) is 0 Å². The Bertz CT molecular complexity index is 651. The van der Waals surface area contributed by atoms with E-state index in [0.717, 1.165) is 31.7 Å². The van der Waals surface area contributed by atoms with Crippen LogP contribution in [0.2, 0.25) is 0 Å². The highest BCUT2D eigenvalue weighted by Gasteiger charge is 2.21. The van der Waals surface area contributed by atoms with Gasteiger partial charge in [0.1, 0.15) is 0 Å². The molecule has 1 fully saturated rings. The summed E-state index contributed by atoms with van der Waals surface area (Å²) >= 11 is 0. The summed E-state index contributed by atoms with van der Waals surface area (Å²) in [6.07, 6.45) is 2.34. The summed E-state index contributed by atoms with van der Waals surface area (Å²) in [4.78, 5) is 14.4. The number of anilines is 1. The van der Waals surface area contributed by atoms with E-state index in [1.165, 1.54) is 5.56 Å². The van der Waals surface area contributed by atoms with E-state index in [-0.39, 0.29) is 18.6 Å². The summed E-state index contributed by atoms with van der Waals surface area (Å²) < 4.78 is 10.8. The normalized spacial score (nSPS) is 17.3. The Morgan fingerprint density at radius 1 is 1.38 bits per heavy atom. The molecule has 128 valence electrons. The lowest BCUT2D eigenvalue weighted by molar-refractivity contribution is -0.117. The van der Waals surface area contributed by atoms with Crippen LogP contribution in [0.5, 0.6) is 0 Å². The van der Waals surface area contributed by atoms with Gasteiger partial charge in [-0.05, 0) is 25.3 Å². The van der Waals surface area contributed by atoms with Crippen LogP contribution in [0, 0.1) is 6.92 Å². The minimum absolute atomic E-state index is 0.111. The number of carbonyl (C=O) groups excluding carboxylic acids is 1. The second kappa shape index (κ2) is 8.08. The number of nitrogens with zero attached hydrogens (tertiary/aromatic N) is 2. The van der Waals surface area contributed by atoms with Crippen molar-refractivity contribution >= 4 is 11.8 Å². The Kier molecular flexibility index (Phi) is 5.61. The predicted octanol–water partition coefficient (Wildman–Crippen LogP) is 2.60. The zero-order valence-corrected chi connectivity index (χ0v) is 13.9. The molecular formula is C18H23N3O3. The maximum Gasteiger partial charge on any atom is 0.240 e. The molecule has 3 rings (SSSR count). The van der Waals surface area contributed by atoms with E-state index >= 15 is 0 Å². The molecule has 1 aromatic heterocycles. The highest BCUT2D eigenvalue weighted by atomic mass is 16.5. The van der Waals surface area contributed by atoms with E-state index in [2.05, 4.69) is 27.5 Å². The first-order valence-corrected chi connectivity index (χ1v) is 8.30. The Morgan fingerprint density at radius 2 is 2.21 bits per heavy atom. The zero-order valence-electron chi connectivity index (χ0n) is 13.9.